The first kappa shape index (κ1) is 24.0. The van der Waals surface area contributed by atoms with Gasteiger partial charge in [-0.25, -0.2) is 9.18 Å². The molecular formula is C27H28FNO4. The molecule has 1 unspecified atom stereocenters. The molecular weight excluding hydrogens is 421 g/mol. The maximum absolute atomic E-state index is 14.9. The molecule has 0 radical (unpaired) electrons. The van der Waals surface area contributed by atoms with Crippen molar-refractivity contribution in [1.29, 1.82) is 0 Å². The van der Waals surface area contributed by atoms with Gasteiger partial charge in [0.25, 0.3) is 0 Å². The second-order valence-electron chi connectivity index (χ2n) is 7.59. The highest BCUT2D eigenvalue weighted by Crippen LogP contribution is 2.26. The second kappa shape index (κ2) is 11.8. The van der Waals surface area contributed by atoms with Gasteiger partial charge in [0.1, 0.15) is 30.9 Å². The Morgan fingerprint density at radius 3 is 2.45 bits per heavy atom. The lowest BCUT2D eigenvalue weighted by atomic mass is 10.1. The van der Waals surface area contributed by atoms with Crippen LogP contribution >= 0.6 is 0 Å². The molecule has 33 heavy (non-hydrogen) atoms. The lowest BCUT2D eigenvalue weighted by molar-refractivity contribution is -0.178. The van der Waals surface area contributed by atoms with E-state index in [0.717, 1.165) is 21.8 Å². The number of nitrogens with zero attached hydrogens (tertiary/aromatic N) is 1. The lowest BCUT2D eigenvalue weighted by Gasteiger charge is -2.25. The Kier molecular flexibility index (Phi) is 8.61. The van der Waals surface area contributed by atoms with E-state index in [9.17, 15) is 9.18 Å². The average molecular weight is 450 g/mol. The first-order valence-corrected chi connectivity index (χ1v) is 10.7. The van der Waals surface area contributed by atoms with Gasteiger partial charge in [-0.2, -0.15) is 5.06 Å². The summed E-state index contributed by atoms with van der Waals surface area (Å²) >= 11 is 0. The smallest absolute Gasteiger partial charge is 0.434 e. The van der Waals surface area contributed by atoms with Crippen LogP contribution in [0.4, 0.5) is 9.18 Å². The number of benzene rings is 3. The Morgan fingerprint density at radius 1 is 1.06 bits per heavy atom. The Labute approximate surface area is 194 Å². The summed E-state index contributed by atoms with van der Waals surface area (Å²) in [4.78, 5) is 18.3. The van der Waals surface area contributed by atoms with Crippen LogP contribution in [-0.2, 0) is 22.7 Å². The van der Waals surface area contributed by atoms with Crippen molar-refractivity contribution in [1.82, 2.24) is 5.06 Å². The zero-order valence-corrected chi connectivity index (χ0v) is 18.9. The number of aryl methyl sites for hydroxylation is 1. The highest BCUT2D eigenvalue weighted by atomic mass is 19.1. The molecule has 1 amide bonds. The molecule has 0 aliphatic heterocycles. The zero-order valence-electron chi connectivity index (χ0n) is 18.9. The number of halogens is 1. The van der Waals surface area contributed by atoms with Crippen LogP contribution in [0.15, 0.2) is 85.5 Å². The van der Waals surface area contributed by atoms with Crippen molar-refractivity contribution in [3.8, 4) is 5.75 Å². The van der Waals surface area contributed by atoms with E-state index in [1.807, 2.05) is 61.5 Å². The van der Waals surface area contributed by atoms with Gasteiger partial charge in [0.15, 0.2) is 0 Å². The Morgan fingerprint density at radius 2 is 1.79 bits per heavy atom. The average Bonchev–Trinajstić information content (AvgIpc) is 2.82. The van der Waals surface area contributed by atoms with Crippen LogP contribution in [0.5, 0.6) is 5.75 Å². The molecule has 0 saturated carbocycles. The third-order valence-electron chi connectivity index (χ3n) is 4.92. The Balaban J connectivity index is 1.67. The molecule has 3 rings (SSSR count). The number of amides is 1. The molecule has 0 aliphatic carbocycles. The number of rotatable bonds is 10. The van der Waals surface area contributed by atoms with Crippen molar-refractivity contribution in [2.75, 3.05) is 6.61 Å². The third-order valence-corrected chi connectivity index (χ3v) is 4.92. The van der Waals surface area contributed by atoms with Crippen LogP contribution < -0.4 is 4.74 Å². The number of carbonyl (C=O) groups is 1. The van der Waals surface area contributed by atoms with Gasteiger partial charge < -0.3 is 9.47 Å². The van der Waals surface area contributed by atoms with E-state index in [4.69, 9.17) is 14.3 Å². The van der Waals surface area contributed by atoms with Crippen LogP contribution in [0.2, 0.25) is 0 Å². The summed E-state index contributed by atoms with van der Waals surface area (Å²) in [5.41, 5.74) is 3.31. The molecule has 0 heterocycles. The molecule has 172 valence electrons. The highest BCUT2D eigenvalue weighted by molar-refractivity contribution is 5.66. The minimum atomic E-state index is -0.740. The second-order valence-corrected chi connectivity index (χ2v) is 7.59. The van der Waals surface area contributed by atoms with Crippen LogP contribution in [-0.4, -0.2) is 17.8 Å². The van der Waals surface area contributed by atoms with Crippen molar-refractivity contribution >= 4 is 6.09 Å². The molecule has 1 atom stereocenters. The molecule has 6 heteroatoms. The maximum Gasteiger partial charge on any atom is 0.434 e. The highest BCUT2D eigenvalue weighted by Gasteiger charge is 2.22. The van der Waals surface area contributed by atoms with Crippen LogP contribution in [0, 0.1) is 12.7 Å². The van der Waals surface area contributed by atoms with Crippen molar-refractivity contribution < 1.29 is 23.5 Å². The molecule has 3 aromatic carbocycles. The predicted octanol–water partition coefficient (Wildman–Crippen LogP) is 6.53. The number of hydroxylamine groups is 2. The monoisotopic (exact) mass is 449 g/mol. The molecule has 5 nitrogen and oxygen atoms in total. The van der Waals surface area contributed by atoms with Gasteiger partial charge in [0.2, 0.25) is 0 Å². The van der Waals surface area contributed by atoms with Gasteiger partial charge in [-0.05, 0) is 37.1 Å². The third kappa shape index (κ3) is 7.19. The Bertz CT molecular complexity index is 1050. The van der Waals surface area contributed by atoms with E-state index < -0.39 is 18.0 Å². The SMILES string of the molecule is C=CCOC(=O)N(Cc1ccccc1)OC(C)c1ccc(OCc2ccc(C)cc2)cc1F. The molecule has 0 bridgehead atoms. The van der Waals surface area contributed by atoms with Crippen molar-refractivity contribution in [3.63, 3.8) is 0 Å². The van der Waals surface area contributed by atoms with Crippen molar-refractivity contribution in [3.05, 3.63) is 114 Å². The Hall–Kier alpha value is -3.64. The maximum atomic E-state index is 14.9. The van der Waals surface area contributed by atoms with E-state index in [-0.39, 0.29) is 13.2 Å². The quantitative estimate of drug-likeness (QED) is 0.261. The topological polar surface area (TPSA) is 48.0 Å². The summed E-state index contributed by atoms with van der Waals surface area (Å²) in [5, 5.41) is 1.09. The first-order valence-electron chi connectivity index (χ1n) is 10.7. The van der Waals surface area contributed by atoms with E-state index in [1.165, 1.54) is 12.1 Å². The summed E-state index contributed by atoms with van der Waals surface area (Å²) in [6.45, 7) is 7.77. The minimum Gasteiger partial charge on any atom is -0.489 e. The van der Waals surface area contributed by atoms with E-state index in [2.05, 4.69) is 6.58 Å². The van der Waals surface area contributed by atoms with Gasteiger partial charge in [0, 0.05) is 11.6 Å². The fourth-order valence-electron chi connectivity index (χ4n) is 3.12. The van der Waals surface area contributed by atoms with Gasteiger partial charge in [-0.3, -0.25) is 4.84 Å². The van der Waals surface area contributed by atoms with Gasteiger partial charge in [0.05, 0.1) is 6.54 Å². The lowest BCUT2D eigenvalue weighted by Crippen LogP contribution is -2.32. The van der Waals surface area contributed by atoms with Crippen LogP contribution in [0.3, 0.4) is 0 Å². The summed E-state index contributed by atoms with van der Waals surface area (Å²) in [5.74, 6) is -0.0708. The van der Waals surface area contributed by atoms with Gasteiger partial charge >= 0.3 is 6.09 Å². The van der Waals surface area contributed by atoms with Crippen molar-refractivity contribution in [2.45, 2.75) is 33.1 Å². The van der Waals surface area contributed by atoms with Crippen molar-refractivity contribution in [2.24, 2.45) is 0 Å². The van der Waals surface area contributed by atoms with Crippen LogP contribution in [0.1, 0.15) is 35.3 Å². The molecule has 0 saturated heterocycles. The number of ether oxygens (including phenoxy) is 2. The fraction of sp³-hybridized carbons (Fsp3) is 0.222. The summed E-state index contributed by atoms with van der Waals surface area (Å²) in [6, 6.07) is 21.9. The van der Waals surface area contributed by atoms with Crippen LogP contribution in [0.25, 0.3) is 0 Å². The molecule has 0 aliphatic rings. The predicted molar refractivity (Wildman–Crippen MR) is 125 cm³/mol. The van der Waals surface area contributed by atoms with E-state index >= 15 is 0 Å². The minimum absolute atomic E-state index is 0.0449. The van der Waals surface area contributed by atoms with Gasteiger partial charge in [-0.1, -0.05) is 72.8 Å². The number of hydrogen-bond acceptors (Lipinski definition) is 4. The number of hydrogen-bond donors (Lipinski definition) is 0. The summed E-state index contributed by atoms with van der Waals surface area (Å²) < 4.78 is 25.7. The molecule has 0 fully saturated rings. The molecule has 3 aromatic rings. The summed E-state index contributed by atoms with van der Waals surface area (Å²) in [6.07, 6.45) is 0.0528. The summed E-state index contributed by atoms with van der Waals surface area (Å²) in [7, 11) is 0. The van der Waals surface area contributed by atoms with E-state index in [1.54, 1.807) is 19.1 Å². The molecule has 0 N–H and O–H groups in total. The van der Waals surface area contributed by atoms with Gasteiger partial charge in [-0.15, -0.1) is 0 Å². The normalized spacial score (nSPS) is 11.5. The zero-order chi connectivity index (χ0) is 23.6. The van der Waals surface area contributed by atoms with E-state index in [0.29, 0.717) is 17.9 Å². The largest absolute Gasteiger partial charge is 0.489 e. The number of carbonyl (C=O) groups excluding carboxylic acids is 1. The molecule has 0 aromatic heterocycles. The fourth-order valence-corrected chi connectivity index (χ4v) is 3.12. The molecule has 0 spiro atoms. The first-order chi connectivity index (χ1) is 16.0. The standard InChI is InChI=1S/C27H28FNO4/c1-4-16-31-27(30)29(18-22-8-6-5-7-9-22)33-21(3)25-15-14-24(17-26(25)28)32-19-23-12-10-20(2)11-13-23/h4-15,17,21H,1,16,18-19H2,2-3H3.